The van der Waals surface area contributed by atoms with Crippen LogP contribution in [-0.2, 0) is 26.5 Å². The second kappa shape index (κ2) is 10.1. The number of hydrogen-bond acceptors (Lipinski definition) is 4. The van der Waals surface area contributed by atoms with E-state index in [1.54, 1.807) is 22.9 Å². The molecule has 38 heavy (non-hydrogen) atoms. The highest BCUT2D eigenvalue weighted by molar-refractivity contribution is 6.72. The predicted molar refractivity (Wildman–Crippen MR) is 148 cm³/mol. The van der Waals surface area contributed by atoms with E-state index < -0.39 is 25.7 Å². The number of ether oxygens (including phenoxy) is 1. The Labute approximate surface area is 223 Å². The van der Waals surface area contributed by atoms with Crippen molar-refractivity contribution < 1.29 is 23.5 Å². The second-order valence-electron chi connectivity index (χ2n) is 10.7. The quantitative estimate of drug-likeness (QED) is 0.230. The molecule has 5 rings (SSSR count). The second-order valence-corrected chi connectivity index (χ2v) is 14.5. The largest absolute Gasteiger partial charge is 0.396 e. The summed E-state index contributed by atoms with van der Waals surface area (Å²) in [5.74, 6) is -0.602. The lowest BCUT2D eigenvalue weighted by molar-refractivity contribution is -0.146. The Morgan fingerprint density at radius 2 is 1.74 bits per heavy atom. The summed E-state index contributed by atoms with van der Waals surface area (Å²) in [4.78, 5) is 29.5. The van der Waals surface area contributed by atoms with Crippen LogP contribution in [0.5, 0.6) is 0 Å². The molecule has 8 heteroatoms. The molecule has 2 aliphatic heterocycles. The van der Waals surface area contributed by atoms with Gasteiger partial charge in [-0.3, -0.25) is 14.5 Å². The fourth-order valence-corrected chi connectivity index (χ4v) is 8.94. The lowest BCUT2D eigenvalue weighted by Gasteiger charge is -2.31. The average Bonchev–Trinajstić information content (AvgIpc) is 3.33. The lowest BCUT2D eigenvalue weighted by atomic mass is 9.82. The van der Waals surface area contributed by atoms with Crippen molar-refractivity contribution in [3.05, 3.63) is 90.0 Å². The third-order valence-corrected chi connectivity index (χ3v) is 10.4. The zero-order valence-corrected chi connectivity index (χ0v) is 22.9. The number of halogens is 1. The standard InChI is InChI=1S/C30H33FN2O4Si/c1-21-28(38(2,3)31)27(16-17-34)37-30(21)25-14-7-8-15-26(25)32(29(30)36)19-22-10-9-13-24(18-22)33(20-35)23-11-5-4-6-12-23/h4-15,18,20-21,27-28,34H,16-17,19H2,1-3H3/t21-,27+,28-,30+/m0/s1. The van der Waals surface area contributed by atoms with E-state index in [0.717, 1.165) is 28.9 Å². The van der Waals surface area contributed by atoms with Gasteiger partial charge >= 0.3 is 0 Å². The predicted octanol–water partition coefficient (Wildman–Crippen LogP) is 5.69. The molecule has 198 valence electrons. The fraction of sp³-hybridized carbons (Fsp3) is 0.333. The van der Waals surface area contributed by atoms with Crippen molar-refractivity contribution in [2.24, 2.45) is 5.92 Å². The lowest BCUT2D eigenvalue weighted by Crippen LogP contribution is -2.45. The maximum absolute atomic E-state index is 15.6. The SMILES string of the molecule is C[C@H]1[C@H]([Si](C)(C)F)[C@@H](CCO)O[C@]12C(=O)N(Cc1cccc(N(C=O)c3ccccc3)c1)c1ccccc12. The first-order chi connectivity index (χ1) is 18.2. The Hall–Kier alpha value is -3.33. The molecule has 2 aliphatic rings. The molecule has 2 heterocycles. The van der Waals surface area contributed by atoms with Crippen LogP contribution >= 0.6 is 0 Å². The van der Waals surface area contributed by atoms with E-state index in [1.807, 2.05) is 85.8 Å². The van der Waals surface area contributed by atoms with Crippen molar-refractivity contribution >= 4 is 37.8 Å². The highest BCUT2D eigenvalue weighted by Crippen LogP contribution is 2.60. The minimum Gasteiger partial charge on any atom is -0.396 e. The number of amides is 2. The maximum atomic E-state index is 15.6. The summed E-state index contributed by atoms with van der Waals surface area (Å²) in [6.45, 7) is 5.36. The molecule has 1 spiro atoms. The fourth-order valence-electron chi connectivity index (χ4n) is 6.40. The van der Waals surface area contributed by atoms with Gasteiger partial charge < -0.3 is 18.9 Å². The van der Waals surface area contributed by atoms with Crippen LogP contribution in [0.15, 0.2) is 78.9 Å². The first-order valence-corrected chi connectivity index (χ1v) is 16.0. The van der Waals surface area contributed by atoms with Crippen LogP contribution in [0, 0.1) is 5.92 Å². The molecule has 3 aromatic carbocycles. The molecule has 4 atom stereocenters. The Bertz CT molecular complexity index is 1330. The number of nitrogens with zero attached hydrogens (tertiary/aromatic N) is 2. The highest BCUT2D eigenvalue weighted by Gasteiger charge is 2.66. The number of aliphatic hydroxyl groups is 1. The van der Waals surface area contributed by atoms with Gasteiger partial charge in [-0.05, 0) is 55.4 Å². The number of carbonyl (C=O) groups excluding carboxylic acids is 2. The Morgan fingerprint density at radius 1 is 1.05 bits per heavy atom. The minimum absolute atomic E-state index is 0.130. The van der Waals surface area contributed by atoms with Gasteiger partial charge in [0.15, 0.2) is 5.60 Å². The summed E-state index contributed by atoms with van der Waals surface area (Å²) in [5.41, 5.74) is 2.05. The summed E-state index contributed by atoms with van der Waals surface area (Å²) < 4.78 is 22.1. The van der Waals surface area contributed by atoms with Crippen LogP contribution in [0.3, 0.4) is 0 Å². The number of fused-ring (bicyclic) bond motifs is 2. The van der Waals surface area contributed by atoms with E-state index in [-0.39, 0.29) is 31.4 Å². The third kappa shape index (κ3) is 4.26. The molecule has 3 aromatic rings. The topological polar surface area (TPSA) is 70.1 Å². The molecule has 0 bridgehead atoms. The van der Waals surface area contributed by atoms with Crippen molar-refractivity contribution in [2.45, 2.75) is 50.2 Å². The van der Waals surface area contributed by atoms with Crippen LogP contribution in [0.2, 0.25) is 18.6 Å². The first-order valence-electron chi connectivity index (χ1n) is 13.0. The molecule has 0 saturated carbocycles. The molecule has 2 amide bonds. The van der Waals surface area contributed by atoms with Gasteiger partial charge in [-0.15, -0.1) is 0 Å². The smallest absolute Gasteiger partial charge is 0.264 e. The zero-order valence-electron chi connectivity index (χ0n) is 21.9. The van der Waals surface area contributed by atoms with Gasteiger partial charge in [-0.2, -0.15) is 0 Å². The molecule has 1 fully saturated rings. The Kier molecular flexibility index (Phi) is 6.98. The third-order valence-electron chi connectivity index (χ3n) is 7.95. The number of rotatable bonds is 8. The van der Waals surface area contributed by atoms with Gasteiger partial charge in [0, 0.05) is 35.0 Å². The van der Waals surface area contributed by atoms with Gasteiger partial charge in [-0.25, -0.2) is 0 Å². The van der Waals surface area contributed by atoms with E-state index in [1.165, 1.54) is 0 Å². The molecule has 0 unspecified atom stereocenters. The van der Waals surface area contributed by atoms with Gasteiger partial charge in [-0.1, -0.05) is 55.5 Å². The number of carbonyl (C=O) groups is 2. The minimum atomic E-state index is -3.23. The van der Waals surface area contributed by atoms with E-state index in [2.05, 4.69) is 0 Å². The van der Waals surface area contributed by atoms with Crippen molar-refractivity contribution in [3.63, 3.8) is 0 Å². The number of hydrogen-bond donors (Lipinski definition) is 1. The van der Waals surface area contributed by atoms with Gasteiger partial charge in [0.25, 0.3) is 5.91 Å². The van der Waals surface area contributed by atoms with E-state index >= 15 is 4.11 Å². The van der Waals surface area contributed by atoms with Gasteiger partial charge in [0.2, 0.25) is 14.8 Å². The summed E-state index contributed by atoms with van der Waals surface area (Å²) in [6.07, 6.45) is 0.530. The molecule has 6 nitrogen and oxygen atoms in total. The van der Waals surface area contributed by atoms with Crippen LogP contribution in [-0.4, -0.2) is 38.5 Å². The van der Waals surface area contributed by atoms with Crippen LogP contribution in [0.4, 0.5) is 21.2 Å². The Balaban J connectivity index is 1.52. The summed E-state index contributed by atoms with van der Waals surface area (Å²) in [5, 5.41) is 9.70. The summed E-state index contributed by atoms with van der Waals surface area (Å²) in [6, 6.07) is 24.5. The molecule has 1 saturated heterocycles. The van der Waals surface area contributed by atoms with Crippen molar-refractivity contribution in [1.82, 2.24) is 0 Å². The van der Waals surface area contributed by atoms with Gasteiger partial charge in [0.1, 0.15) is 0 Å². The molecule has 1 N–H and O–H groups in total. The van der Waals surface area contributed by atoms with Gasteiger partial charge in [0.05, 0.1) is 18.3 Å². The summed E-state index contributed by atoms with van der Waals surface area (Å²) in [7, 11) is -3.23. The molecule has 0 aliphatic carbocycles. The number of benzene rings is 3. The first kappa shape index (κ1) is 26.3. The number of para-hydroxylation sites is 2. The zero-order chi connectivity index (χ0) is 27.1. The van der Waals surface area contributed by atoms with Crippen LogP contribution in [0.25, 0.3) is 0 Å². The molecular weight excluding hydrogens is 499 g/mol. The summed E-state index contributed by atoms with van der Waals surface area (Å²) >= 11 is 0. The van der Waals surface area contributed by atoms with E-state index in [4.69, 9.17) is 4.74 Å². The van der Waals surface area contributed by atoms with Crippen LogP contribution < -0.4 is 9.80 Å². The molecule has 0 aromatic heterocycles. The van der Waals surface area contributed by atoms with Crippen molar-refractivity contribution in [2.75, 3.05) is 16.4 Å². The average molecular weight is 533 g/mol. The highest BCUT2D eigenvalue weighted by atomic mass is 28.4. The normalized spacial score (nSPS) is 24.6. The number of aliphatic hydroxyl groups excluding tert-OH is 1. The monoisotopic (exact) mass is 532 g/mol. The Morgan fingerprint density at radius 3 is 2.42 bits per heavy atom. The van der Waals surface area contributed by atoms with Crippen LogP contribution in [0.1, 0.15) is 24.5 Å². The molecule has 0 radical (unpaired) electrons. The van der Waals surface area contributed by atoms with E-state index in [9.17, 15) is 14.7 Å². The maximum Gasteiger partial charge on any atom is 0.264 e. The number of anilines is 3. The van der Waals surface area contributed by atoms with Crippen molar-refractivity contribution in [3.8, 4) is 0 Å². The van der Waals surface area contributed by atoms with Crippen molar-refractivity contribution in [1.29, 1.82) is 0 Å². The molecular formula is C30H33FN2O4Si. The van der Waals surface area contributed by atoms with E-state index in [0.29, 0.717) is 5.69 Å².